The first kappa shape index (κ1) is 13.3. The zero-order valence-corrected chi connectivity index (χ0v) is 11.3. The van der Waals surface area contributed by atoms with Crippen LogP contribution in [-0.4, -0.2) is 23.0 Å². The van der Waals surface area contributed by atoms with Gasteiger partial charge in [-0.05, 0) is 29.3 Å². The van der Waals surface area contributed by atoms with E-state index in [0.29, 0.717) is 18.5 Å². The number of nitrogens with zero attached hydrogens (tertiary/aromatic N) is 1. The topological polar surface area (TPSA) is 68.3 Å². The summed E-state index contributed by atoms with van der Waals surface area (Å²) in [7, 11) is 0. The summed E-state index contributed by atoms with van der Waals surface area (Å²) in [5.41, 5.74) is 2.33. The van der Waals surface area contributed by atoms with E-state index in [9.17, 15) is 9.59 Å². The molecule has 5 nitrogen and oxygen atoms in total. The number of carbonyl (C=O) groups is 2. The highest BCUT2D eigenvalue weighted by molar-refractivity contribution is 5.95. The summed E-state index contributed by atoms with van der Waals surface area (Å²) >= 11 is 0. The summed E-state index contributed by atoms with van der Waals surface area (Å²) in [5, 5.41) is 2.78. The lowest BCUT2D eigenvalue weighted by Gasteiger charge is -2.23. The lowest BCUT2D eigenvalue weighted by molar-refractivity contribution is -0.130. The van der Waals surface area contributed by atoms with Crippen molar-refractivity contribution in [1.82, 2.24) is 10.3 Å². The monoisotopic (exact) mass is 282 g/mol. The molecule has 5 heteroatoms. The largest absolute Gasteiger partial charge is 0.448 e. The SMILES string of the molecule is O=C1OC(C(=O)NCc2ccncc2)Cc2ccccc21. The van der Waals surface area contributed by atoms with Crippen LogP contribution in [0.4, 0.5) is 0 Å². The van der Waals surface area contributed by atoms with Gasteiger partial charge < -0.3 is 10.1 Å². The quantitative estimate of drug-likeness (QED) is 0.866. The van der Waals surface area contributed by atoms with E-state index in [2.05, 4.69) is 10.3 Å². The number of cyclic esters (lactones) is 1. The first-order chi connectivity index (χ1) is 10.2. The van der Waals surface area contributed by atoms with Crippen LogP contribution < -0.4 is 5.32 Å². The summed E-state index contributed by atoms with van der Waals surface area (Å²) in [6.07, 6.45) is 2.97. The lowest BCUT2D eigenvalue weighted by atomic mass is 9.98. The number of benzene rings is 1. The number of aromatic nitrogens is 1. The molecule has 1 N–H and O–H groups in total. The van der Waals surface area contributed by atoms with E-state index in [4.69, 9.17) is 4.74 Å². The molecule has 1 aromatic carbocycles. The zero-order chi connectivity index (χ0) is 14.7. The number of fused-ring (bicyclic) bond motifs is 1. The number of pyridine rings is 1. The Morgan fingerprint density at radius 2 is 2.00 bits per heavy atom. The molecule has 2 aromatic rings. The van der Waals surface area contributed by atoms with Gasteiger partial charge >= 0.3 is 5.97 Å². The van der Waals surface area contributed by atoms with Crippen molar-refractivity contribution >= 4 is 11.9 Å². The fourth-order valence-electron chi connectivity index (χ4n) is 2.28. The minimum absolute atomic E-state index is 0.283. The van der Waals surface area contributed by atoms with Crippen LogP contribution in [0.5, 0.6) is 0 Å². The van der Waals surface area contributed by atoms with Gasteiger partial charge in [0.1, 0.15) is 0 Å². The van der Waals surface area contributed by atoms with Gasteiger partial charge in [-0.15, -0.1) is 0 Å². The van der Waals surface area contributed by atoms with Crippen LogP contribution in [0.2, 0.25) is 0 Å². The van der Waals surface area contributed by atoms with Crippen LogP contribution in [-0.2, 0) is 22.5 Å². The van der Waals surface area contributed by atoms with E-state index in [-0.39, 0.29) is 5.91 Å². The second-order valence-electron chi connectivity index (χ2n) is 4.83. The summed E-state index contributed by atoms with van der Waals surface area (Å²) < 4.78 is 5.20. The van der Waals surface area contributed by atoms with Crippen molar-refractivity contribution in [3.63, 3.8) is 0 Å². The Hall–Kier alpha value is -2.69. The molecule has 1 unspecified atom stereocenters. The molecule has 0 radical (unpaired) electrons. The third-order valence-corrected chi connectivity index (χ3v) is 3.40. The van der Waals surface area contributed by atoms with Gasteiger partial charge in [0.05, 0.1) is 5.56 Å². The van der Waals surface area contributed by atoms with Gasteiger partial charge in [0.2, 0.25) is 0 Å². The molecule has 0 fully saturated rings. The highest BCUT2D eigenvalue weighted by Crippen LogP contribution is 2.20. The molecule has 2 heterocycles. The Bertz CT molecular complexity index is 670. The van der Waals surface area contributed by atoms with E-state index in [0.717, 1.165) is 11.1 Å². The minimum Gasteiger partial charge on any atom is -0.448 e. The van der Waals surface area contributed by atoms with E-state index < -0.39 is 12.1 Å². The standard InChI is InChI=1S/C16H14N2O3/c19-15(18-10-11-5-7-17-8-6-11)14-9-12-3-1-2-4-13(12)16(20)21-14/h1-8,14H,9-10H2,(H,18,19). The number of hydrogen-bond donors (Lipinski definition) is 1. The summed E-state index contributed by atoms with van der Waals surface area (Å²) in [5.74, 6) is -0.726. The van der Waals surface area contributed by atoms with Gasteiger partial charge in [-0.3, -0.25) is 9.78 Å². The van der Waals surface area contributed by atoms with Crippen LogP contribution in [0.15, 0.2) is 48.8 Å². The molecule has 1 amide bonds. The van der Waals surface area contributed by atoms with E-state index in [1.807, 2.05) is 24.3 Å². The molecule has 0 aliphatic carbocycles. The predicted octanol–water partition coefficient (Wildman–Crippen LogP) is 1.48. The highest BCUT2D eigenvalue weighted by Gasteiger charge is 2.30. The third kappa shape index (κ3) is 2.91. The van der Waals surface area contributed by atoms with Gasteiger partial charge in [-0.25, -0.2) is 4.79 Å². The van der Waals surface area contributed by atoms with Crippen molar-refractivity contribution in [1.29, 1.82) is 0 Å². The second kappa shape index (κ2) is 5.75. The molecule has 3 rings (SSSR count). The van der Waals surface area contributed by atoms with Crippen LogP contribution in [0.25, 0.3) is 0 Å². The van der Waals surface area contributed by atoms with Crippen molar-refractivity contribution in [3.05, 3.63) is 65.5 Å². The Kier molecular flexibility index (Phi) is 3.64. The van der Waals surface area contributed by atoms with E-state index >= 15 is 0 Å². The molecule has 21 heavy (non-hydrogen) atoms. The molecule has 0 spiro atoms. The van der Waals surface area contributed by atoms with Crippen LogP contribution >= 0.6 is 0 Å². The molecule has 1 aliphatic heterocycles. The lowest BCUT2D eigenvalue weighted by Crippen LogP contribution is -2.41. The second-order valence-corrected chi connectivity index (χ2v) is 4.83. The highest BCUT2D eigenvalue weighted by atomic mass is 16.5. The Balaban J connectivity index is 1.65. The molecule has 0 saturated heterocycles. The minimum atomic E-state index is -0.769. The molecule has 1 aromatic heterocycles. The number of hydrogen-bond acceptors (Lipinski definition) is 4. The molecular weight excluding hydrogens is 268 g/mol. The molecule has 0 bridgehead atoms. The smallest absolute Gasteiger partial charge is 0.339 e. The van der Waals surface area contributed by atoms with Gasteiger partial charge in [0.25, 0.3) is 5.91 Å². The Labute approximate surface area is 122 Å². The average molecular weight is 282 g/mol. The Morgan fingerprint density at radius 3 is 2.81 bits per heavy atom. The van der Waals surface area contributed by atoms with Crippen LogP contribution in [0.1, 0.15) is 21.5 Å². The summed E-state index contributed by atoms with van der Waals surface area (Å²) in [6.45, 7) is 0.386. The van der Waals surface area contributed by atoms with Crippen LogP contribution in [0, 0.1) is 0 Å². The maximum atomic E-state index is 12.1. The molecule has 106 valence electrons. The summed E-state index contributed by atoms with van der Waals surface area (Å²) in [6, 6.07) is 10.8. The number of amides is 1. The van der Waals surface area contributed by atoms with Gasteiger partial charge in [-0.1, -0.05) is 18.2 Å². The average Bonchev–Trinajstić information content (AvgIpc) is 2.53. The molecular formula is C16H14N2O3. The van der Waals surface area contributed by atoms with Crippen molar-refractivity contribution in [2.24, 2.45) is 0 Å². The summed E-state index contributed by atoms with van der Waals surface area (Å²) in [4.78, 5) is 27.9. The van der Waals surface area contributed by atoms with Crippen molar-refractivity contribution in [2.75, 3.05) is 0 Å². The zero-order valence-electron chi connectivity index (χ0n) is 11.3. The van der Waals surface area contributed by atoms with Crippen molar-refractivity contribution in [3.8, 4) is 0 Å². The van der Waals surface area contributed by atoms with Gasteiger partial charge in [-0.2, -0.15) is 0 Å². The Morgan fingerprint density at radius 1 is 1.24 bits per heavy atom. The number of rotatable bonds is 3. The number of nitrogens with one attached hydrogen (secondary N) is 1. The predicted molar refractivity (Wildman–Crippen MR) is 75.4 cm³/mol. The first-order valence-corrected chi connectivity index (χ1v) is 6.69. The fourth-order valence-corrected chi connectivity index (χ4v) is 2.28. The number of ether oxygens (including phenoxy) is 1. The van der Waals surface area contributed by atoms with E-state index in [1.165, 1.54) is 0 Å². The third-order valence-electron chi connectivity index (χ3n) is 3.40. The normalized spacial score (nSPS) is 16.8. The fraction of sp³-hybridized carbons (Fsp3) is 0.188. The number of carbonyl (C=O) groups excluding carboxylic acids is 2. The van der Waals surface area contributed by atoms with E-state index in [1.54, 1.807) is 24.5 Å². The van der Waals surface area contributed by atoms with Gasteiger partial charge in [0, 0.05) is 25.4 Å². The van der Waals surface area contributed by atoms with Crippen LogP contribution in [0.3, 0.4) is 0 Å². The van der Waals surface area contributed by atoms with Gasteiger partial charge in [0.15, 0.2) is 6.10 Å². The maximum absolute atomic E-state index is 12.1. The molecule has 1 aliphatic rings. The number of esters is 1. The maximum Gasteiger partial charge on any atom is 0.339 e. The first-order valence-electron chi connectivity index (χ1n) is 6.69. The van der Waals surface area contributed by atoms with Crippen molar-refractivity contribution < 1.29 is 14.3 Å². The molecule has 1 atom stereocenters. The molecule has 0 saturated carbocycles. The van der Waals surface area contributed by atoms with Crippen molar-refractivity contribution in [2.45, 2.75) is 19.1 Å².